The summed E-state index contributed by atoms with van der Waals surface area (Å²) in [5.74, 6) is -0.750. The van der Waals surface area contributed by atoms with Crippen molar-refractivity contribution in [2.75, 3.05) is 19.0 Å². The molecule has 1 N–H and O–H groups in total. The lowest BCUT2D eigenvalue weighted by atomic mass is 9.99. The second kappa shape index (κ2) is 7.68. The molecular formula is C16H22F3NO3. The summed E-state index contributed by atoms with van der Waals surface area (Å²) in [6.45, 7) is 5.21. The molecule has 0 heterocycles. The number of methoxy groups -OCH3 is 1. The third-order valence-electron chi connectivity index (χ3n) is 3.50. The average Bonchev–Trinajstić information content (AvgIpc) is 2.48. The number of benzene rings is 1. The minimum absolute atomic E-state index is 0.0464. The van der Waals surface area contributed by atoms with Gasteiger partial charge in [-0.05, 0) is 38.5 Å². The van der Waals surface area contributed by atoms with Crippen molar-refractivity contribution in [3.63, 3.8) is 0 Å². The van der Waals surface area contributed by atoms with Gasteiger partial charge in [0.25, 0.3) is 5.91 Å². The second-order valence-electron chi connectivity index (χ2n) is 5.28. The van der Waals surface area contributed by atoms with Crippen molar-refractivity contribution in [2.24, 2.45) is 0 Å². The predicted molar refractivity (Wildman–Crippen MR) is 81.6 cm³/mol. The van der Waals surface area contributed by atoms with Gasteiger partial charge in [-0.3, -0.25) is 4.79 Å². The Morgan fingerprint density at radius 3 is 2.39 bits per heavy atom. The molecule has 130 valence electrons. The summed E-state index contributed by atoms with van der Waals surface area (Å²) in [6.07, 6.45) is -3.41. The molecule has 4 nitrogen and oxygen atoms in total. The maximum Gasteiger partial charge on any atom is 0.420 e. The number of carbonyl (C=O) groups is 1. The maximum absolute atomic E-state index is 13.1. The van der Waals surface area contributed by atoms with E-state index < -0.39 is 23.2 Å². The summed E-state index contributed by atoms with van der Waals surface area (Å²) < 4.78 is 49.5. The van der Waals surface area contributed by atoms with Crippen LogP contribution in [0, 0.1) is 0 Å². The van der Waals surface area contributed by atoms with Crippen molar-refractivity contribution in [3.05, 3.63) is 23.8 Å². The number of nitrogens with one attached hydrogen (secondary N) is 1. The number of alkyl halides is 3. The molecular weight excluding hydrogens is 311 g/mol. The van der Waals surface area contributed by atoms with Crippen LogP contribution in [0.1, 0.15) is 39.2 Å². The number of carbonyl (C=O) groups excluding carboxylic acids is 1. The lowest BCUT2D eigenvalue weighted by molar-refractivity contribution is -0.139. The van der Waals surface area contributed by atoms with Crippen molar-refractivity contribution in [1.29, 1.82) is 0 Å². The minimum Gasteiger partial charge on any atom is -0.493 e. The molecule has 1 aromatic rings. The van der Waals surface area contributed by atoms with Gasteiger partial charge in [0, 0.05) is 12.8 Å². The van der Waals surface area contributed by atoms with E-state index in [0.717, 1.165) is 6.07 Å². The van der Waals surface area contributed by atoms with E-state index in [1.165, 1.54) is 19.2 Å². The number of halogens is 3. The first-order valence-corrected chi connectivity index (χ1v) is 7.38. The van der Waals surface area contributed by atoms with Crippen molar-refractivity contribution >= 4 is 11.6 Å². The Labute approximate surface area is 134 Å². The zero-order valence-corrected chi connectivity index (χ0v) is 13.7. The van der Waals surface area contributed by atoms with Crippen molar-refractivity contribution in [3.8, 4) is 5.75 Å². The Bertz CT molecular complexity index is 546. The van der Waals surface area contributed by atoms with Crippen molar-refractivity contribution in [2.45, 2.75) is 45.4 Å². The molecule has 0 spiro atoms. The molecule has 0 saturated heterocycles. The quantitative estimate of drug-likeness (QED) is 0.811. The molecule has 0 aromatic heterocycles. The molecule has 0 aliphatic rings. The number of anilines is 1. The van der Waals surface area contributed by atoms with Gasteiger partial charge in [-0.25, -0.2) is 0 Å². The number of hydrogen-bond acceptors (Lipinski definition) is 3. The standard InChI is InChI=1S/C16H22F3NO3/c1-5-9-15(3,22-4)14(21)20-11-7-8-13(23-6-2)12(10-11)16(17,18)19/h7-8,10H,5-6,9H2,1-4H3,(H,20,21). The van der Waals surface area contributed by atoms with Crippen LogP contribution in [-0.2, 0) is 15.7 Å². The summed E-state index contributed by atoms with van der Waals surface area (Å²) in [7, 11) is 1.40. The van der Waals surface area contributed by atoms with Crippen LogP contribution in [0.5, 0.6) is 5.75 Å². The number of amides is 1. The Morgan fingerprint density at radius 1 is 1.26 bits per heavy atom. The first-order chi connectivity index (χ1) is 10.7. The van der Waals surface area contributed by atoms with Crippen LogP contribution < -0.4 is 10.1 Å². The fraction of sp³-hybridized carbons (Fsp3) is 0.562. The zero-order chi connectivity index (χ0) is 17.7. The molecule has 23 heavy (non-hydrogen) atoms. The van der Waals surface area contributed by atoms with E-state index in [-0.39, 0.29) is 18.0 Å². The van der Waals surface area contributed by atoms with Crippen LogP contribution in [0.2, 0.25) is 0 Å². The van der Waals surface area contributed by atoms with Crippen molar-refractivity contribution in [1.82, 2.24) is 0 Å². The van der Waals surface area contributed by atoms with E-state index in [2.05, 4.69) is 5.32 Å². The molecule has 1 rings (SSSR count). The van der Waals surface area contributed by atoms with E-state index in [1.807, 2.05) is 6.92 Å². The lowest BCUT2D eigenvalue weighted by Gasteiger charge is -2.26. The van der Waals surface area contributed by atoms with Gasteiger partial charge in [-0.2, -0.15) is 13.2 Å². The fourth-order valence-corrected chi connectivity index (χ4v) is 2.16. The van der Waals surface area contributed by atoms with Gasteiger partial charge >= 0.3 is 6.18 Å². The van der Waals surface area contributed by atoms with Crippen LogP contribution in [-0.4, -0.2) is 25.2 Å². The van der Waals surface area contributed by atoms with Gasteiger partial charge in [0.15, 0.2) is 0 Å². The Morgan fingerprint density at radius 2 is 1.91 bits per heavy atom. The second-order valence-corrected chi connectivity index (χ2v) is 5.28. The summed E-state index contributed by atoms with van der Waals surface area (Å²) in [4.78, 5) is 12.3. The highest BCUT2D eigenvalue weighted by Gasteiger charge is 2.36. The normalized spacial score (nSPS) is 14.2. The fourth-order valence-electron chi connectivity index (χ4n) is 2.16. The highest BCUT2D eigenvalue weighted by atomic mass is 19.4. The molecule has 0 fully saturated rings. The number of rotatable bonds is 7. The SMILES string of the molecule is CCCC(C)(OC)C(=O)Nc1ccc(OCC)c(C(F)(F)F)c1. The van der Waals surface area contributed by atoms with Crippen LogP contribution in [0.15, 0.2) is 18.2 Å². The molecule has 0 aliphatic carbocycles. The van der Waals surface area contributed by atoms with Gasteiger partial charge in [0.2, 0.25) is 0 Å². The summed E-state index contributed by atoms with van der Waals surface area (Å²) >= 11 is 0. The first kappa shape index (κ1) is 19.3. The van der Waals surface area contributed by atoms with Gasteiger partial charge in [0.05, 0.1) is 12.2 Å². The number of ether oxygens (including phenoxy) is 2. The highest BCUT2D eigenvalue weighted by molar-refractivity contribution is 5.97. The zero-order valence-electron chi connectivity index (χ0n) is 13.7. The molecule has 1 unspecified atom stereocenters. The first-order valence-electron chi connectivity index (χ1n) is 7.38. The van der Waals surface area contributed by atoms with Crippen LogP contribution >= 0.6 is 0 Å². The van der Waals surface area contributed by atoms with Gasteiger partial charge in [-0.15, -0.1) is 0 Å². The van der Waals surface area contributed by atoms with Crippen LogP contribution in [0.4, 0.5) is 18.9 Å². The van der Waals surface area contributed by atoms with E-state index in [0.29, 0.717) is 12.8 Å². The smallest absolute Gasteiger partial charge is 0.420 e. The minimum atomic E-state index is -4.57. The number of hydrogen-bond donors (Lipinski definition) is 1. The van der Waals surface area contributed by atoms with Gasteiger partial charge < -0.3 is 14.8 Å². The van der Waals surface area contributed by atoms with Crippen molar-refractivity contribution < 1.29 is 27.4 Å². The molecule has 0 saturated carbocycles. The Kier molecular flexibility index (Phi) is 6.44. The van der Waals surface area contributed by atoms with Gasteiger partial charge in [0.1, 0.15) is 11.4 Å². The Balaban J connectivity index is 3.08. The van der Waals surface area contributed by atoms with Crippen LogP contribution in [0.25, 0.3) is 0 Å². The average molecular weight is 333 g/mol. The molecule has 7 heteroatoms. The molecule has 0 radical (unpaired) electrons. The molecule has 0 bridgehead atoms. The summed E-state index contributed by atoms with van der Waals surface area (Å²) in [5, 5.41) is 2.48. The monoisotopic (exact) mass is 333 g/mol. The molecule has 1 aromatic carbocycles. The molecule has 1 amide bonds. The maximum atomic E-state index is 13.1. The highest BCUT2D eigenvalue weighted by Crippen LogP contribution is 2.38. The van der Waals surface area contributed by atoms with E-state index in [1.54, 1.807) is 13.8 Å². The van der Waals surface area contributed by atoms with E-state index >= 15 is 0 Å². The van der Waals surface area contributed by atoms with E-state index in [9.17, 15) is 18.0 Å². The lowest BCUT2D eigenvalue weighted by Crippen LogP contribution is -2.41. The van der Waals surface area contributed by atoms with Gasteiger partial charge in [-0.1, -0.05) is 13.3 Å². The topological polar surface area (TPSA) is 47.6 Å². The third-order valence-corrected chi connectivity index (χ3v) is 3.50. The summed E-state index contributed by atoms with van der Waals surface area (Å²) in [5.41, 5.74) is -1.97. The Hall–Kier alpha value is -1.76. The molecule has 1 atom stereocenters. The largest absolute Gasteiger partial charge is 0.493 e. The van der Waals surface area contributed by atoms with E-state index in [4.69, 9.17) is 9.47 Å². The van der Waals surface area contributed by atoms with Crippen LogP contribution in [0.3, 0.4) is 0 Å². The predicted octanol–water partition coefficient (Wildman–Crippen LogP) is 4.25. The summed E-state index contributed by atoms with van der Waals surface area (Å²) in [6, 6.07) is 3.44. The third kappa shape index (κ3) is 4.86. The molecule has 0 aliphatic heterocycles.